The van der Waals surface area contributed by atoms with Gasteiger partial charge in [0.2, 0.25) is 0 Å². The van der Waals surface area contributed by atoms with Crippen molar-refractivity contribution < 1.29 is 4.21 Å². The van der Waals surface area contributed by atoms with Gasteiger partial charge in [0, 0.05) is 41.4 Å². The molecular formula is C13H29N3OS2. The molecule has 0 radical (unpaired) electrons. The van der Waals surface area contributed by atoms with E-state index in [0.29, 0.717) is 12.3 Å². The molecule has 0 bridgehead atoms. The van der Waals surface area contributed by atoms with Crippen LogP contribution >= 0.6 is 11.8 Å². The molecule has 0 aliphatic carbocycles. The van der Waals surface area contributed by atoms with Crippen molar-refractivity contribution in [3.8, 4) is 0 Å². The van der Waals surface area contributed by atoms with Crippen LogP contribution < -0.4 is 10.6 Å². The number of aliphatic imine (C=N–C) groups is 1. The van der Waals surface area contributed by atoms with Crippen molar-refractivity contribution in [1.29, 1.82) is 0 Å². The van der Waals surface area contributed by atoms with E-state index in [9.17, 15) is 4.21 Å². The second-order valence-corrected chi connectivity index (χ2v) is 8.60. The molecule has 19 heavy (non-hydrogen) atoms. The Morgan fingerprint density at radius 2 is 1.84 bits per heavy atom. The SMILES string of the molecule is CN=C(NCCCCSC)NCCS(=O)C(C)(C)C. The highest BCUT2D eigenvalue weighted by molar-refractivity contribution is 7.98. The molecule has 114 valence electrons. The predicted octanol–water partition coefficient (Wildman–Crippen LogP) is 1.84. The Kier molecular flexibility index (Phi) is 10.4. The van der Waals surface area contributed by atoms with Gasteiger partial charge in [-0.2, -0.15) is 11.8 Å². The van der Waals surface area contributed by atoms with E-state index >= 15 is 0 Å². The number of guanidine groups is 1. The molecule has 0 aromatic rings. The van der Waals surface area contributed by atoms with Crippen LogP contribution in [0.5, 0.6) is 0 Å². The van der Waals surface area contributed by atoms with Crippen LogP contribution in [0, 0.1) is 0 Å². The zero-order chi connectivity index (χ0) is 14.7. The molecule has 1 unspecified atom stereocenters. The summed E-state index contributed by atoms with van der Waals surface area (Å²) < 4.78 is 11.7. The normalized spacial score (nSPS) is 14.3. The lowest BCUT2D eigenvalue weighted by Gasteiger charge is -2.18. The van der Waals surface area contributed by atoms with Gasteiger partial charge in [0.1, 0.15) is 0 Å². The summed E-state index contributed by atoms with van der Waals surface area (Å²) in [4.78, 5) is 4.16. The number of hydrogen-bond acceptors (Lipinski definition) is 3. The average molecular weight is 308 g/mol. The van der Waals surface area contributed by atoms with Gasteiger partial charge in [0.05, 0.1) is 0 Å². The van der Waals surface area contributed by atoms with E-state index in [1.165, 1.54) is 12.2 Å². The third-order valence-electron chi connectivity index (χ3n) is 2.55. The number of nitrogens with zero attached hydrogens (tertiary/aromatic N) is 1. The van der Waals surface area contributed by atoms with Crippen LogP contribution in [0.4, 0.5) is 0 Å². The van der Waals surface area contributed by atoms with Gasteiger partial charge in [-0.05, 0) is 45.6 Å². The molecule has 0 amide bonds. The molecule has 4 nitrogen and oxygen atoms in total. The second-order valence-electron chi connectivity index (χ2n) is 5.29. The minimum atomic E-state index is -0.814. The molecule has 0 spiro atoms. The summed E-state index contributed by atoms with van der Waals surface area (Å²) in [6.45, 7) is 7.63. The monoisotopic (exact) mass is 307 g/mol. The summed E-state index contributed by atoms with van der Waals surface area (Å²) in [6, 6.07) is 0. The predicted molar refractivity (Wildman–Crippen MR) is 89.7 cm³/mol. The highest BCUT2D eigenvalue weighted by atomic mass is 32.2. The van der Waals surface area contributed by atoms with Gasteiger partial charge in [0.25, 0.3) is 0 Å². The maximum atomic E-state index is 11.9. The number of nitrogens with one attached hydrogen (secondary N) is 2. The van der Waals surface area contributed by atoms with Gasteiger partial charge >= 0.3 is 0 Å². The van der Waals surface area contributed by atoms with Gasteiger partial charge in [-0.25, -0.2) is 0 Å². The van der Waals surface area contributed by atoms with Crippen molar-refractivity contribution in [3.05, 3.63) is 0 Å². The number of rotatable bonds is 8. The molecule has 0 fully saturated rings. The summed E-state index contributed by atoms with van der Waals surface area (Å²) in [6.07, 6.45) is 4.50. The Morgan fingerprint density at radius 3 is 2.37 bits per heavy atom. The van der Waals surface area contributed by atoms with Gasteiger partial charge in [-0.1, -0.05) is 0 Å². The summed E-state index contributed by atoms with van der Waals surface area (Å²) in [5, 5.41) is 6.48. The molecule has 0 aliphatic rings. The Hall–Kier alpha value is -0.230. The lowest BCUT2D eigenvalue weighted by molar-refractivity contribution is 0.646. The second kappa shape index (κ2) is 10.5. The maximum absolute atomic E-state index is 11.9. The fourth-order valence-corrected chi connectivity index (χ4v) is 2.76. The minimum Gasteiger partial charge on any atom is -0.356 e. The zero-order valence-electron chi connectivity index (χ0n) is 12.9. The van der Waals surface area contributed by atoms with Crippen LogP contribution in [-0.2, 0) is 10.8 Å². The van der Waals surface area contributed by atoms with Gasteiger partial charge in [-0.3, -0.25) is 9.20 Å². The standard InChI is InChI=1S/C13H29N3OS2/c1-13(2,3)19(17)11-9-16-12(14-4)15-8-6-7-10-18-5/h6-11H2,1-5H3,(H2,14,15,16). The molecule has 0 saturated heterocycles. The van der Waals surface area contributed by atoms with E-state index in [0.717, 1.165) is 18.9 Å². The Bertz CT molecular complexity index is 288. The zero-order valence-corrected chi connectivity index (χ0v) is 14.5. The third-order valence-corrected chi connectivity index (χ3v) is 5.19. The van der Waals surface area contributed by atoms with Crippen LogP contribution in [0.15, 0.2) is 4.99 Å². The lowest BCUT2D eigenvalue weighted by Crippen LogP contribution is -2.40. The van der Waals surface area contributed by atoms with Crippen molar-refractivity contribution in [1.82, 2.24) is 10.6 Å². The Morgan fingerprint density at radius 1 is 1.21 bits per heavy atom. The van der Waals surface area contributed by atoms with Gasteiger partial charge in [0.15, 0.2) is 5.96 Å². The third kappa shape index (κ3) is 10.2. The Balaban J connectivity index is 3.75. The van der Waals surface area contributed by atoms with Gasteiger partial charge < -0.3 is 10.6 Å². The van der Waals surface area contributed by atoms with E-state index < -0.39 is 10.8 Å². The highest BCUT2D eigenvalue weighted by Gasteiger charge is 2.18. The largest absolute Gasteiger partial charge is 0.356 e. The first-order chi connectivity index (χ1) is 8.91. The number of unbranched alkanes of at least 4 members (excludes halogenated alkanes) is 1. The molecule has 1 atom stereocenters. The first-order valence-electron chi connectivity index (χ1n) is 6.73. The molecule has 0 heterocycles. The number of hydrogen-bond donors (Lipinski definition) is 2. The van der Waals surface area contributed by atoms with Crippen molar-refractivity contribution in [2.45, 2.75) is 38.4 Å². The quantitative estimate of drug-likeness (QED) is 0.408. The fourth-order valence-electron chi connectivity index (χ4n) is 1.37. The fraction of sp³-hybridized carbons (Fsp3) is 0.923. The molecule has 2 N–H and O–H groups in total. The summed E-state index contributed by atoms with van der Waals surface area (Å²) in [5.74, 6) is 2.66. The first-order valence-corrected chi connectivity index (χ1v) is 9.45. The number of thioether (sulfide) groups is 1. The molecule has 0 aromatic carbocycles. The van der Waals surface area contributed by atoms with E-state index in [4.69, 9.17) is 0 Å². The van der Waals surface area contributed by atoms with Crippen LogP contribution in [-0.4, -0.2) is 52.8 Å². The van der Waals surface area contributed by atoms with Crippen molar-refractivity contribution in [3.63, 3.8) is 0 Å². The minimum absolute atomic E-state index is 0.142. The lowest BCUT2D eigenvalue weighted by atomic mass is 10.3. The van der Waals surface area contributed by atoms with Crippen molar-refractivity contribution >= 4 is 28.5 Å². The van der Waals surface area contributed by atoms with Crippen molar-refractivity contribution in [2.24, 2.45) is 4.99 Å². The Labute approximate surface area is 125 Å². The summed E-state index contributed by atoms with van der Waals surface area (Å²) in [7, 11) is 0.948. The first kappa shape index (κ1) is 18.8. The smallest absolute Gasteiger partial charge is 0.191 e. The molecule has 0 rings (SSSR count). The van der Waals surface area contributed by atoms with Gasteiger partial charge in [-0.15, -0.1) is 0 Å². The maximum Gasteiger partial charge on any atom is 0.191 e. The summed E-state index contributed by atoms with van der Waals surface area (Å²) >= 11 is 1.88. The van der Waals surface area contributed by atoms with E-state index in [1.54, 1.807) is 7.05 Å². The van der Waals surface area contributed by atoms with Crippen LogP contribution in [0.2, 0.25) is 0 Å². The highest BCUT2D eigenvalue weighted by Crippen LogP contribution is 2.10. The summed E-state index contributed by atoms with van der Waals surface area (Å²) in [5.41, 5.74) is 0. The van der Waals surface area contributed by atoms with Crippen LogP contribution in [0.25, 0.3) is 0 Å². The van der Waals surface area contributed by atoms with E-state index in [1.807, 2.05) is 32.5 Å². The molecular weight excluding hydrogens is 278 g/mol. The molecule has 0 saturated carbocycles. The van der Waals surface area contributed by atoms with Crippen LogP contribution in [0.3, 0.4) is 0 Å². The molecule has 0 aromatic heterocycles. The average Bonchev–Trinajstić information content (AvgIpc) is 2.35. The van der Waals surface area contributed by atoms with E-state index in [2.05, 4.69) is 21.9 Å². The molecule has 0 aliphatic heterocycles. The topological polar surface area (TPSA) is 53.5 Å². The van der Waals surface area contributed by atoms with Crippen LogP contribution in [0.1, 0.15) is 33.6 Å². The molecule has 6 heteroatoms. The van der Waals surface area contributed by atoms with Crippen molar-refractivity contribution in [2.75, 3.05) is 37.9 Å². The van der Waals surface area contributed by atoms with E-state index in [-0.39, 0.29) is 4.75 Å².